The van der Waals surface area contributed by atoms with Gasteiger partial charge in [-0.15, -0.1) is 0 Å². The van der Waals surface area contributed by atoms with Crippen LogP contribution in [-0.2, 0) is 22.6 Å². The van der Waals surface area contributed by atoms with E-state index in [2.05, 4.69) is 34.1 Å². The third-order valence-corrected chi connectivity index (χ3v) is 4.48. The van der Waals surface area contributed by atoms with Crippen LogP contribution in [0.15, 0.2) is 22.7 Å². The second-order valence-corrected chi connectivity index (χ2v) is 5.94. The molecule has 1 aromatic carbocycles. The van der Waals surface area contributed by atoms with E-state index < -0.39 is 0 Å². The lowest BCUT2D eigenvalue weighted by atomic mass is 9.95. The Labute approximate surface area is 123 Å². The third kappa shape index (κ3) is 4.28. The molecule has 1 fully saturated rings. The average molecular weight is 328 g/mol. The molecule has 0 spiro atoms. The van der Waals surface area contributed by atoms with Crippen LogP contribution in [0, 0.1) is 0 Å². The van der Waals surface area contributed by atoms with Gasteiger partial charge in [-0.05, 0) is 42.9 Å². The van der Waals surface area contributed by atoms with Gasteiger partial charge in [-0.2, -0.15) is 0 Å². The molecule has 2 unspecified atom stereocenters. The number of benzene rings is 1. The maximum absolute atomic E-state index is 6.01. The van der Waals surface area contributed by atoms with E-state index in [0.717, 1.165) is 29.3 Å². The summed E-state index contributed by atoms with van der Waals surface area (Å²) in [5.74, 6) is 0. The van der Waals surface area contributed by atoms with Crippen LogP contribution >= 0.6 is 15.9 Å². The molecule has 0 aliphatic heterocycles. The standard InChI is InChI=1S/C15H22BrNO2/c1-18-13-3-2-4-14(8-13)19-10-12-6-5-11(9-17)7-15(12)16/h5-7,13-14H,2-4,8-10,17H2,1H3. The van der Waals surface area contributed by atoms with E-state index >= 15 is 0 Å². The molecule has 1 aromatic rings. The van der Waals surface area contributed by atoms with Crippen molar-refractivity contribution < 1.29 is 9.47 Å². The molecule has 1 aliphatic rings. The van der Waals surface area contributed by atoms with Gasteiger partial charge in [0.05, 0.1) is 18.8 Å². The molecule has 0 heterocycles. The molecule has 2 N–H and O–H groups in total. The van der Waals surface area contributed by atoms with Crippen molar-refractivity contribution in [2.24, 2.45) is 5.73 Å². The van der Waals surface area contributed by atoms with Gasteiger partial charge in [0.15, 0.2) is 0 Å². The molecule has 0 radical (unpaired) electrons. The summed E-state index contributed by atoms with van der Waals surface area (Å²) in [6.45, 7) is 1.21. The maximum Gasteiger partial charge on any atom is 0.0731 e. The molecule has 1 aliphatic carbocycles. The highest BCUT2D eigenvalue weighted by atomic mass is 79.9. The highest BCUT2D eigenvalue weighted by molar-refractivity contribution is 9.10. The minimum atomic E-state index is 0.319. The van der Waals surface area contributed by atoms with Crippen LogP contribution in [0.25, 0.3) is 0 Å². The fourth-order valence-corrected chi connectivity index (χ4v) is 3.05. The molecule has 106 valence electrons. The number of methoxy groups -OCH3 is 1. The van der Waals surface area contributed by atoms with Crippen molar-refractivity contribution in [1.82, 2.24) is 0 Å². The molecule has 19 heavy (non-hydrogen) atoms. The lowest BCUT2D eigenvalue weighted by Crippen LogP contribution is -2.27. The van der Waals surface area contributed by atoms with Crippen LogP contribution in [0.2, 0.25) is 0 Å². The predicted molar refractivity (Wildman–Crippen MR) is 79.9 cm³/mol. The number of rotatable bonds is 5. The van der Waals surface area contributed by atoms with Crippen molar-refractivity contribution in [1.29, 1.82) is 0 Å². The summed E-state index contributed by atoms with van der Waals surface area (Å²) in [6.07, 6.45) is 5.18. The largest absolute Gasteiger partial charge is 0.381 e. The second-order valence-electron chi connectivity index (χ2n) is 5.09. The number of ether oxygens (including phenoxy) is 2. The first-order valence-corrected chi connectivity index (χ1v) is 7.64. The summed E-state index contributed by atoms with van der Waals surface area (Å²) in [5.41, 5.74) is 7.93. The Morgan fingerprint density at radius 3 is 2.79 bits per heavy atom. The van der Waals surface area contributed by atoms with E-state index in [0.29, 0.717) is 25.4 Å². The Balaban J connectivity index is 1.88. The first kappa shape index (κ1) is 15.0. The molecule has 0 aromatic heterocycles. The van der Waals surface area contributed by atoms with E-state index in [9.17, 15) is 0 Å². The van der Waals surface area contributed by atoms with Crippen LogP contribution in [0.3, 0.4) is 0 Å². The minimum Gasteiger partial charge on any atom is -0.381 e. The topological polar surface area (TPSA) is 44.5 Å². The zero-order chi connectivity index (χ0) is 13.7. The molecule has 4 heteroatoms. The van der Waals surface area contributed by atoms with Crippen LogP contribution in [0.4, 0.5) is 0 Å². The lowest BCUT2D eigenvalue weighted by molar-refractivity contribution is -0.0364. The molecule has 3 nitrogen and oxygen atoms in total. The first-order valence-electron chi connectivity index (χ1n) is 6.84. The van der Waals surface area contributed by atoms with E-state index in [1.807, 2.05) is 0 Å². The molecule has 2 atom stereocenters. The second kappa shape index (κ2) is 7.39. The summed E-state index contributed by atoms with van der Waals surface area (Å²) in [7, 11) is 1.79. The lowest BCUT2D eigenvalue weighted by Gasteiger charge is -2.28. The number of hydrogen-bond donors (Lipinski definition) is 1. The first-order chi connectivity index (χ1) is 9.22. The number of nitrogens with two attached hydrogens (primary N) is 1. The van der Waals surface area contributed by atoms with Crippen LogP contribution in [-0.4, -0.2) is 19.3 Å². The average Bonchev–Trinajstić information content (AvgIpc) is 2.46. The molecular formula is C15H22BrNO2. The van der Waals surface area contributed by atoms with Crippen molar-refractivity contribution in [3.05, 3.63) is 33.8 Å². The SMILES string of the molecule is COC1CCCC(OCc2ccc(CN)cc2Br)C1. The van der Waals surface area contributed by atoms with Gasteiger partial charge in [0.2, 0.25) is 0 Å². The van der Waals surface area contributed by atoms with E-state index in [1.165, 1.54) is 12.0 Å². The summed E-state index contributed by atoms with van der Waals surface area (Å²) < 4.78 is 12.5. The van der Waals surface area contributed by atoms with Crippen molar-refractivity contribution in [2.75, 3.05) is 7.11 Å². The minimum absolute atomic E-state index is 0.319. The molecule has 0 saturated heterocycles. The number of halogens is 1. The van der Waals surface area contributed by atoms with Gasteiger partial charge < -0.3 is 15.2 Å². The smallest absolute Gasteiger partial charge is 0.0731 e. The van der Waals surface area contributed by atoms with E-state index in [4.69, 9.17) is 15.2 Å². The Morgan fingerprint density at radius 1 is 1.32 bits per heavy atom. The number of hydrogen-bond acceptors (Lipinski definition) is 3. The predicted octanol–water partition coefficient (Wildman–Crippen LogP) is 3.38. The van der Waals surface area contributed by atoms with Gasteiger partial charge in [0, 0.05) is 18.1 Å². The van der Waals surface area contributed by atoms with Crippen LogP contribution < -0.4 is 5.73 Å². The monoisotopic (exact) mass is 327 g/mol. The van der Waals surface area contributed by atoms with Gasteiger partial charge in [0.25, 0.3) is 0 Å². The Morgan fingerprint density at radius 2 is 2.11 bits per heavy atom. The van der Waals surface area contributed by atoms with Crippen molar-refractivity contribution in [3.8, 4) is 0 Å². The van der Waals surface area contributed by atoms with Gasteiger partial charge in [-0.3, -0.25) is 0 Å². The molecule has 0 bridgehead atoms. The fraction of sp³-hybridized carbons (Fsp3) is 0.600. The molecular weight excluding hydrogens is 306 g/mol. The van der Waals surface area contributed by atoms with Crippen LogP contribution in [0.5, 0.6) is 0 Å². The van der Waals surface area contributed by atoms with E-state index in [1.54, 1.807) is 7.11 Å². The van der Waals surface area contributed by atoms with Crippen molar-refractivity contribution in [3.63, 3.8) is 0 Å². The Kier molecular flexibility index (Phi) is 5.82. The highest BCUT2D eigenvalue weighted by Gasteiger charge is 2.22. The summed E-state index contributed by atoms with van der Waals surface area (Å²) >= 11 is 3.58. The molecule has 0 amide bonds. The zero-order valence-corrected chi connectivity index (χ0v) is 13.0. The van der Waals surface area contributed by atoms with Gasteiger partial charge in [-0.1, -0.05) is 28.1 Å². The normalized spacial score (nSPS) is 23.5. The maximum atomic E-state index is 6.01. The van der Waals surface area contributed by atoms with Gasteiger partial charge >= 0.3 is 0 Å². The van der Waals surface area contributed by atoms with E-state index in [-0.39, 0.29) is 0 Å². The van der Waals surface area contributed by atoms with Gasteiger partial charge in [0.1, 0.15) is 0 Å². The quantitative estimate of drug-likeness (QED) is 0.901. The zero-order valence-electron chi connectivity index (χ0n) is 11.4. The summed E-state index contributed by atoms with van der Waals surface area (Å²) in [4.78, 5) is 0. The van der Waals surface area contributed by atoms with Crippen molar-refractivity contribution >= 4 is 15.9 Å². The Bertz CT molecular complexity index is 411. The van der Waals surface area contributed by atoms with Crippen molar-refractivity contribution in [2.45, 2.75) is 51.0 Å². The highest BCUT2D eigenvalue weighted by Crippen LogP contribution is 2.25. The summed E-state index contributed by atoms with van der Waals surface area (Å²) in [6, 6.07) is 6.21. The Hall–Kier alpha value is -0.420. The molecule has 2 rings (SSSR count). The molecule has 1 saturated carbocycles. The summed E-state index contributed by atoms with van der Waals surface area (Å²) in [5, 5.41) is 0. The fourth-order valence-electron chi connectivity index (χ4n) is 2.51. The third-order valence-electron chi connectivity index (χ3n) is 3.74. The van der Waals surface area contributed by atoms with Crippen LogP contribution in [0.1, 0.15) is 36.8 Å². The van der Waals surface area contributed by atoms with Gasteiger partial charge in [-0.25, -0.2) is 0 Å².